The van der Waals surface area contributed by atoms with Gasteiger partial charge >= 0.3 is 0 Å². The van der Waals surface area contributed by atoms with Crippen molar-refractivity contribution in [2.75, 3.05) is 20.3 Å². The van der Waals surface area contributed by atoms with E-state index < -0.39 is 0 Å². The van der Waals surface area contributed by atoms with Gasteiger partial charge < -0.3 is 14.2 Å². The van der Waals surface area contributed by atoms with Crippen molar-refractivity contribution in [2.24, 2.45) is 0 Å². The van der Waals surface area contributed by atoms with Gasteiger partial charge in [-0.25, -0.2) is 0 Å². The molecule has 78 valence electrons. The first-order valence-electron chi connectivity index (χ1n) is 4.65. The first kappa shape index (κ1) is 11.0. The summed E-state index contributed by atoms with van der Waals surface area (Å²) in [6.45, 7) is 2.92. The lowest BCUT2D eigenvalue weighted by molar-refractivity contribution is -0.115. The SMILES string of the molecule is COC(C)OCCOc1ccccc1. The highest BCUT2D eigenvalue weighted by molar-refractivity contribution is 5.20. The molecule has 0 amide bonds. The second-order valence-corrected chi connectivity index (χ2v) is 2.84. The standard InChI is InChI=1S/C11H16O3/c1-10(12-2)13-8-9-14-11-6-4-3-5-7-11/h3-7,10H,8-9H2,1-2H3. The quantitative estimate of drug-likeness (QED) is 0.515. The fourth-order valence-corrected chi connectivity index (χ4v) is 0.958. The van der Waals surface area contributed by atoms with Crippen LogP contribution in [0.3, 0.4) is 0 Å². The third-order valence-electron chi connectivity index (χ3n) is 1.78. The zero-order chi connectivity index (χ0) is 10.2. The van der Waals surface area contributed by atoms with Crippen LogP contribution in [-0.2, 0) is 9.47 Å². The van der Waals surface area contributed by atoms with Gasteiger partial charge in [0.05, 0.1) is 6.61 Å². The van der Waals surface area contributed by atoms with Gasteiger partial charge in [0, 0.05) is 7.11 Å². The molecule has 3 heteroatoms. The van der Waals surface area contributed by atoms with E-state index in [1.807, 2.05) is 37.3 Å². The highest BCUT2D eigenvalue weighted by atomic mass is 16.7. The van der Waals surface area contributed by atoms with Crippen molar-refractivity contribution in [1.29, 1.82) is 0 Å². The lowest BCUT2D eigenvalue weighted by Gasteiger charge is -2.11. The third-order valence-corrected chi connectivity index (χ3v) is 1.78. The molecule has 0 radical (unpaired) electrons. The summed E-state index contributed by atoms with van der Waals surface area (Å²) in [7, 11) is 1.61. The zero-order valence-corrected chi connectivity index (χ0v) is 8.60. The summed E-state index contributed by atoms with van der Waals surface area (Å²) in [6.07, 6.45) is -0.172. The molecular formula is C11H16O3. The predicted molar refractivity (Wildman–Crippen MR) is 54.4 cm³/mol. The summed E-state index contributed by atoms with van der Waals surface area (Å²) in [5, 5.41) is 0. The van der Waals surface area contributed by atoms with E-state index in [2.05, 4.69) is 0 Å². The fourth-order valence-electron chi connectivity index (χ4n) is 0.958. The van der Waals surface area contributed by atoms with Gasteiger partial charge in [-0.05, 0) is 19.1 Å². The van der Waals surface area contributed by atoms with E-state index in [0.717, 1.165) is 5.75 Å². The Bertz CT molecular complexity index is 236. The first-order valence-corrected chi connectivity index (χ1v) is 4.65. The van der Waals surface area contributed by atoms with E-state index >= 15 is 0 Å². The lowest BCUT2D eigenvalue weighted by Crippen LogP contribution is -2.15. The Labute approximate surface area is 84.6 Å². The zero-order valence-electron chi connectivity index (χ0n) is 8.60. The van der Waals surface area contributed by atoms with Crippen LogP contribution >= 0.6 is 0 Å². The van der Waals surface area contributed by atoms with E-state index in [4.69, 9.17) is 14.2 Å². The van der Waals surface area contributed by atoms with Crippen LogP contribution in [0.1, 0.15) is 6.92 Å². The summed E-state index contributed by atoms with van der Waals surface area (Å²) in [4.78, 5) is 0. The lowest BCUT2D eigenvalue weighted by atomic mass is 10.3. The highest BCUT2D eigenvalue weighted by Crippen LogP contribution is 2.07. The van der Waals surface area contributed by atoms with Crippen molar-refractivity contribution in [2.45, 2.75) is 13.2 Å². The average Bonchev–Trinajstić information content (AvgIpc) is 2.25. The van der Waals surface area contributed by atoms with Gasteiger partial charge in [0.1, 0.15) is 12.4 Å². The molecule has 0 saturated carbocycles. The molecule has 0 N–H and O–H groups in total. The van der Waals surface area contributed by atoms with Crippen LogP contribution in [0.5, 0.6) is 5.75 Å². The number of ether oxygens (including phenoxy) is 3. The maximum absolute atomic E-state index is 5.42. The van der Waals surface area contributed by atoms with E-state index in [1.54, 1.807) is 7.11 Å². The summed E-state index contributed by atoms with van der Waals surface area (Å²) < 4.78 is 15.6. The highest BCUT2D eigenvalue weighted by Gasteiger charge is 1.97. The van der Waals surface area contributed by atoms with Crippen LogP contribution in [0.2, 0.25) is 0 Å². The van der Waals surface area contributed by atoms with Crippen molar-refractivity contribution < 1.29 is 14.2 Å². The second kappa shape index (κ2) is 6.40. The minimum Gasteiger partial charge on any atom is -0.491 e. The molecule has 3 nitrogen and oxygen atoms in total. The van der Waals surface area contributed by atoms with Crippen molar-refractivity contribution in [3.63, 3.8) is 0 Å². The smallest absolute Gasteiger partial charge is 0.154 e. The van der Waals surface area contributed by atoms with Crippen LogP contribution in [0.4, 0.5) is 0 Å². The first-order chi connectivity index (χ1) is 6.83. The van der Waals surface area contributed by atoms with E-state index in [0.29, 0.717) is 13.2 Å². The van der Waals surface area contributed by atoms with Gasteiger partial charge in [0.2, 0.25) is 0 Å². The van der Waals surface area contributed by atoms with Crippen molar-refractivity contribution in [3.8, 4) is 5.75 Å². The van der Waals surface area contributed by atoms with Crippen molar-refractivity contribution in [3.05, 3.63) is 30.3 Å². The summed E-state index contributed by atoms with van der Waals surface area (Å²) in [6, 6.07) is 9.66. The van der Waals surface area contributed by atoms with Gasteiger partial charge in [-0.2, -0.15) is 0 Å². The molecule has 1 unspecified atom stereocenters. The van der Waals surface area contributed by atoms with Crippen LogP contribution in [0.15, 0.2) is 30.3 Å². The third kappa shape index (κ3) is 4.25. The monoisotopic (exact) mass is 196 g/mol. The average molecular weight is 196 g/mol. The summed E-state index contributed by atoms with van der Waals surface area (Å²) >= 11 is 0. The van der Waals surface area contributed by atoms with Gasteiger partial charge in [-0.1, -0.05) is 18.2 Å². The number of hydrogen-bond acceptors (Lipinski definition) is 3. The maximum Gasteiger partial charge on any atom is 0.154 e. The molecule has 1 aromatic carbocycles. The van der Waals surface area contributed by atoms with Gasteiger partial charge in [-0.3, -0.25) is 0 Å². The Morgan fingerprint density at radius 2 is 1.86 bits per heavy atom. The normalized spacial score (nSPS) is 12.4. The number of hydrogen-bond donors (Lipinski definition) is 0. The van der Waals surface area contributed by atoms with Crippen molar-refractivity contribution >= 4 is 0 Å². The predicted octanol–water partition coefficient (Wildman–Crippen LogP) is 2.07. The number of para-hydroxylation sites is 1. The molecule has 0 heterocycles. The Morgan fingerprint density at radius 1 is 1.14 bits per heavy atom. The Kier molecular flexibility index (Phi) is 5.04. The largest absolute Gasteiger partial charge is 0.491 e. The molecule has 0 fully saturated rings. The fraction of sp³-hybridized carbons (Fsp3) is 0.455. The van der Waals surface area contributed by atoms with Gasteiger partial charge in [-0.15, -0.1) is 0 Å². The molecule has 14 heavy (non-hydrogen) atoms. The molecule has 0 aromatic heterocycles. The Morgan fingerprint density at radius 3 is 2.50 bits per heavy atom. The number of rotatable bonds is 6. The summed E-state index contributed by atoms with van der Waals surface area (Å²) in [5.41, 5.74) is 0. The number of benzene rings is 1. The number of methoxy groups -OCH3 is 1. The molecule has 0 bridgehead atoms. The van der Waals surface area contributed by atoms with Crippen LogP contribution in [0.25, 0.3) is 0 Å². The molecule has 0 spiro atoms. The molecule has 0 saturated heterocycles. The van der Waals surface area contributed by atoms with E-state index in [9.17, 15) is 0 Å². The molecule has 0 aliphatic rings. The minimum absolute atomic E-state index is 0.172. The molecular weight excluding hydrogens is 180 g/mol. The van der Waals surface area contributed by atoms with E-state index in [-0.39, 0.29) is 6.29 Å². The second-order valence-electron chi connectivity index (χ2n) is 2.84. The van der Waals surface area contributed by atoms with Gasteiger partial charge in [0.25, 0.3) is 0 Å². The van der Waals surface area contributed by atoms with Crippen LogP contribution in [0, 0.1) is 0 Å². The Balaban J connectivity index is 2.10. The molecule has 1 rings (SSSR count). The van der Waals surface area contributed by atoms with Crippen LogP contribution < -0.4 is 4.74 Å². The van der Waals surface area contributed by atoms with E-state index in [1.165, 1.54) is 0 Å². The molecule has 0 aliphatic heterocycles. The summed E-state index contributed by atoms with van der Waals surface area (Å²) in [5.74, 6) is 0.862. The molecule has 1 atom stereocenters. The van der Waals surface area contributed by atoms with Crippen molar-refractivity contribution in [1.82, 2.24) is 0 Å². The maximum atomic E-state index is 5.42. The topological polar surface area (TPSA) is 27.7 Å². The molecule has 1 aromatic rings. The van der Waals surface area contributed by atoms with Gasteiger partial charge in [0.15, 0.2) is 6.29 Å². The minimum atomic E-state index is -0.172. The Hall–Kier alpha value is -1.06. The van der Waals surface area contributed by atoms with Crippen LogP contribution in [-0.4, -0.2) is 26.6 Å². The molecule has 0 aliphatic carbocycles.